The highest BCUT2D eigenvalue weighted by molar-refractivity contribution is 5.91. The first-order chi connectivity index (χ1) is 12.6. The van der Waals surface area contributed by atoms with Gasteiger partial charge < -0.3 is 10.1 Å². The van der Waals surface area contributed by atoms with Crippen molar-refractivity contribution in [3.05, 3.63) is 76.6 Å². The maximum Gasteiger partial charge on any atom is 0.267 e. The molecule has 132 valence electrons. The van der Waals surface area contributed by atoms with E-state index in [0.29, 0.717) is 5.69 Å². The Morgan fingerprint density at radius 2 is 1.81 bits per heavy atom. The molecule has 0 aliphatic carbocycles. The number of aromatic nitrogens is 2. The average Bonchev–Trinajstić information content (AvgIpc) is 2.65. The Morgan fingerprint density at radius 1 is 1.08 bits per heavy atom. The van der Waals surface area contributed by atoms with E-state index in [1.54, 1.807) is 13.2 Å². The maximum atomic E-state index is 12.3. The second kappa shape index (κ2) is 7.65. The van der Waals surface area contributed by atoms with E-state index in [2.05, 4.69) is 10.4 Å². The Labute approximate surface area is 151 Å². The molecule has 1 aromatic heterocycles. The number of anilines is 1. The normalized spacial score (nSPS) is 10.4. The summed E-state index contributed by atoms with van der Waals surface area (Å²) in [4.78, 5) is 24.3. The predicted molar refractivity (Wildman–Crippen MR) is 100 cm³/mol. The van der Waals surface area contributed by atoms with Crippen molar-refractivity contribution in [2.75, 3.05) is 12.4 Å². The van der Waals surface area contributed by atoms with Crippen molar-refractivity contribution in [2.45, 2.75) is 13.5 Å². The zero-order valence-electron chi connectivity index (χ0n) is 14.6. The number of amides is 1. The highest BCUT2D eigenvalue weighted by Gasteiger charge is 2.09. The topological polar surface area (TPSA) is 73.2 Å². The summed E-state index contributed by atoms with van der Waals surface area (Å²) in [6.07, 6.45) is 0. The van der Waals surface area contributed by atoms with E-state index in [1.165, 1.54) is 6.07 Å². The standard InChI is InChI=1S/C20H19N3O3/c1-14-5-3-4-6-17(14)21-19(24)13-23-20(25)12-11-18(22-23)15-7-9-16(26-2)10-8-15/h3-12H,13H2,1-2H3,(H,21,24). The van der Waals surface area contributed by atoms with E-state index >= 15 is 0 Å². The minimum absolute atomic E-state index is 0.156. The van der Waals surface area contributed by atoms with Gasteiger partial charge in [0.25, 0.3) is 5.56 Å². The molecule has 1 heterocycles. The van der Waals surface area contributed by atoms with Crippen LogP contribution in [0.1, 0.15) is 5.56 Å². The molecular formula is C20H19N3O3. The summed E-state index contributed by atoms with van der Waals surface area (Å²) in [5.74, 6) is 0.431. The zero-order valence-corrected chi connectivity index (χ0v) is 14.6. The molecule has 26 heavy (non-hydrogen) atoms. The van der Waals surface area contributed by atoms with Crippen LogP contribution in [0.2, 0.25) is 0 Å². The van der Waals surface area contributed by atoms with E-state index in [1.807, 2.05) is 55.5 Å². The smallest absolute Gasteiger partial charge is 0.267 e. The summed E-state index contributed by atoms with van der Waals surface area (Å²) in [7, 11) is 1.60. The number of hydrogen-bond acceptors (Lipinski definition) is 4. The van der Waals surface area contributed by atoms with Gasteiger partial charge in [0.05, 0.1) is 12.8 Å². The molecule has 0 saturated heterocycles. The molecule has 0 saturated carbocycles. The van der Waals surface area contributed by atoms with Crippen LogP contribution in [0.3, 0.4) is 0 Å². The molecule has 3 rings (SSSR count). The number of benzene rings is 2. The Balaban J connectivity index is 1.80. The van der Waals surface area contributed by atoms with Crippen molar-refractivity contribution < 1.29 is 9.53 Å². The van der Waals surface area contributed by atoms with Gasteiger partial charge in [0.1, 0.15) is 12.3 Å². The lowest BCUT2D eigenvalue weighted by Gasteiger charge is -2.10. The molecule has 0 aliphatic rings. The molecule has 1 N–H and O–H groups in total. The van der Waals surface area contributed by atoms with Gasteiger partial charge in [0.2, 0.25) is 5.91 Å². The number of rotatable bonds is 5. The van der Waals surface area contributed by atoms with E-state index < -0.39 is 0 Å². The Bertz CT molecular complexity index is 978. The third-order valence-corrected chi connectivity index (χ3v) is 3.96. The number of ether oxygens (including phenoxy) is 1. The first-order valence-electron chi connectivity index (χ1n) is 8.15. The Morgan fingerprint density at radius 3 is 2.50 bits per heavy atom. The van der Waals surface area contributed by atoms with Crippen LogP contribution in [-0.4, -0.2) is 22.8 Å². The van der Waals surface area contributed by atoms with Crippen LogP contribution in [0.5, 0.6) is 5.75 Å². The van der Waals surface area contributed by atoms with Crippen LogP contribution in [-0.2, 0) is 11.3 Å². The van der Waals surface area contributed by atoms with Gasteiger partial charge in [0.15, 0.2) is 0 Å². The van der Waals surface area contributed by atoms with Gasteiger partial charge in [-0.15, -0.1) is 0 Å². The predicted octanol–water partition coefficient (Wildman–Crippen LogP) is 2.87. The van der Waals surface area contributed by atoms with E-state index in [4.69, 9.17) is 4.74 Å². The molecular weight excluding hydrogens is 330 g/mol. The molecule has 0 atom stereocenters. The summed E-state index contributed by atoms with van der Waals surface area (Å²) in [5.41, 5.74) is 2.78. The average molecular weight is 349 g/mol. The van der Waals surface area contributed by atoms with Crippen molar-refractivity contribution in [3.8, 4) is 17.0 Å². The van der Waals surface area contributed by atoms with Crippen LogP contribution in [0, 0.1) is 6.92 Å². The second-order valence-electron chi connectivity index (χ2n) is 5.81. The zero-order chi connectivity index (χ0) is 18.5. The first-order valence-corrected chi connectivity index (χ1v) is 8.15. The van der Waals surface area contributed by atoms with Gasteiger partial charge in [-0.2, -0.15) is 5.10 Å². The third kappa shape index (κ3) is 3.97. The SMILES string of the molecule is COc1ccc(-c2ccc(=O)n(CC(=O)Nc3ccccc3C)n2)cc1. The third-order valence-electron chi connectivity index (χ3n) is 3.96. The molecule has 0 radical (unpaired) electrons. The lowest BCUT2D eigenvalue weighted by atomic mass is 10.1. The molecule has 6 heteroatoms. The minimum atomic E-state index is -0.331. The highest BCUT2D eigenvalue weighted by Crippen LogP contribution is 2.19. The van der Waals surface area contributed by atoms with Gasteiger partial charge in [-0.3, -0.25) is 9.59 Å². The molecule has 6 nitrogen and oxygen atoms in total. The summed E-state index contributed by atoms with van der Waals surface area (Å²) in [6.45, 7) is 1.75. The number of nitrogens with one attached hydrogen (secondary N) is 1. The Kier molecular flexibility index (Phi) is 5.12. The molecule has 1 amide bonds. The fourth-order valence-corrected chi connectivity index (χ4v) is 2.52. The molecule has 2 aromatic carbocycles. The van der Waals surface area contributed by atoms with E-state index in [-0.39, 0.29) is 18.0 Å². The summed E-state index contributed by atoms with van der Waals surface area (Å²) < 4.78 is 6.30. The van der Waals surface area contributed by atoms with Crippen molar-refractivity contribution in [1.82, 2.24) is 9.78 Å². The molecule has 0 unspecified atom stereocenters. The van der Waals surface area contributed by atoms with Crippen molar-refractivity contribution >= 4 is 11.6 Å². The van der Waals surface area contributed by atoms with Crippen LogP contribution < -0.4 is 15.6 Å². The van der Waals surface area contributed by atoms with Crippen molar-refractivity contribution in [2.24, 2.45) is 0 Å². The number of carbonyl (C=O) groups excluding carboxylic acids is 1. The molecule has 0 spiro atoms. The first kappa shape index (κ1) is 17.4. The number of aryl methyl sites for hydroxylation is 1. The van der Waals surface area contributed by atoms with Gasteiger partial charge in [0, 0.05) is 17.3 Å². The van der Waals surface area contributed by atoms with Crippen LogP contribution >= 0.6 is 0 Å². The molecule has 0 bridgehead atoms. The number of para-hydroxylation sites is 1. The monoisotopic (exact) mass is 349 g/mol. The summed E-state index contributed by atoms with van der Waals surface area (Å²) in [5, 5.41) is 7.11. The van der Waals surface area contributed by atoms with Crippen LogP contribution in [0.25, 0.3) is 11.3 Å². The van der Waals surface area contributed by atoms with Crippen molar-refractivity contribution in [1.29, 1.82) is 0 Å². The van der Waals surface area contributed by atoms with Gasteiger partial charge in [-0.25, -0.2) is 4.68 Å². The lowest BCUT2D eigenvalue weighted by molar-refractivity contribution is -0.117. The molecule has 0 aliphatic heterocycles. The van der Waals surface area contributed by atoms with Gasteiger partial charge in [-0.1, -0.05) is 18.2 Å². The minimum Gasteiger partial charge on any atom is -0.497 e. The highest BCUT2D eigenvalue weighted by atomic mass is 16.5. The van der Waals surface area contributed by atoms with E-state index in [0.717, 1.165) is 27.2 Å². The van der Waals surface area contributed by atoms with E-state index in [9.17, 15) is 9.59 Å². The fourth-order valence-electron chi connectivity index (χ4n) is 2.52. The van der Waals surface area contributed by atoms with Gasteiger partial charge >= 0.3 is 0 Å². The maximum absolute atomic E-state index is 12.3. The summed E-state index contributed by atoms with van der Waals surface area (Å²) in [6, 6.07) is 17.9. The second-order valence-corrected chi connectivity index (χ2v) is 5.81. The number of nitrogens with zero attached hydrogens (tertiary/aromatic N) is 2. The molecule has 3 aromatic rings. The summed E-state index contributed by atoms with van der Waals surface area (Å²) >= 11 is 0. The largest absolute Gasteiger partial charge is 0.497 e. The van der Waals surface area contributed by atoms with Crippen molar-refractivity contribution in [3.63, 3.8) is 0 Å². The number of carbonyl (C=O) groups is 1. The van der Waals surface area contributed by atoms with Gasteiger partial charge in [-0.05, 0) is 48.9 Å². The van der Waals surface area contributed by atoms with Crippen LogP contribution in [0.15, 0.2) is 65.5 Å². The quantitative estimate of drug-likeness (QED) is 0.769. The van der Waals surface area contributed by atoms with Crippen LogP contribution in [0.4, 0.5) is 5.69 Å². The number of methoxy groups -OCH3 is 1. The fraction of sp³-hybridized carbons (Fsp3) is 0.150. The lowest BCUT2D eigenvalue weighted by Crippen LogP contribution is -2.29. The Hall–Kier alpha value is -3.41. The molecule has 0 fully saturated rings. The number of hydrogen-bond donors (Lipinski definition) is 1.